The summed E-state index contributed by atoms with van der Waals surface area (Å²) in [6.45, 7) is 7.16. The molecule has 0 atom stereocenters. The maximum absolute atomic E-state index is 9.56. The Kier molecular flexibility index (Phi) is 4.04. The zero-order chi connectivity index (χ0) is 13.2. The fourth-order valence-electron chi connectivity index (χ4n) is 2.20. The van der Waals surface area contributed by atoms with Crippen molar-refractivity contribution in [2.24, 2.45) is 0 Å². The minimum atomic E-state index is -0.174. The molecule has 18 heavy (non-hydrogen) atoms. The lowest BCUT2D eigenvalue weighted by atomic mass is 9.94. The summed E-state index contributed by atoms with van der Waals surface area (Å²) in [5, 5.41) is 15.1. The fourth-order valence-corrected chi connectivity index (χ4v) is 2.98. The highest BCUT2D eigenvalue weighted by atomic mass is 32.1. The van der Waals surface area contributed by atoms with Crippen molar-refractivity contribution < 1.29 is 5.11 Å². The molecule has 100 valence electrons. The van der Waals surface area contributed by atoms with Crippen LogP contribution in [0.2, 0.25) is 0 Å². The molecule has 0 fully saturated rings. The summed E-state index contributed by atoms with van der Waals surface area (Å²) in [4.78, 5) is 5.56. The lowest BCUT2D eigenvalue weighted by Crippen LogP contribution is -2.47. The van der Waals surface area contributed by atoms with Crippen LogP contribution in [0.15, 0.2) is 11.6 Å². The van der Waals surface area contributed by atoms with Crippen LogP contribution in [0, 0.1) is 6.92 Å². The molecule has 0 aromatic carbocycles. The molecule has 5 heteroatoms. The topological polar surface area (TPSA) is 49.6 Å². The Morgan fingerprint density at radius 1 is 1.44 bits per heavy atom. The number of rotatable bonds is 6. The highest BCUT2D eigenvalue weighted by Crippen LogP contribution is 2.19. The van der Waals surface area contributed by atoms with Crippen molar-refractivity contribution in [1.82, 2.24) is 14.7 Å². The van der Waals surface area contributed by atoms with Gasteiger partial charge in [0, 0.05) is 23.7 Å². The number of imidazole rings is 1. The van der Waals surface area contributed by atoms with Crippen molar-refractivity contribution in [1.29, 1.82) is 0 Å². The van der Waals surface area contributed by atoms with Crippen LogP contribution in [0.3, 0.4) is 0 Å². The minimum absolute atomic E-state index is 0.171. The van der Waals surface area contributed by atoms with Crippen LogP contribution in [0.1, 0.15) is 38.1 Å². The molecule has 0 aliphatic carbocycles. The zero-order valence-corrected chi connectivity index (χ0v) is 12.0. The Morgan fingerprint density at radius 3 is 2.78 bits per heavy atom. The van der Waals surface area contributed by atoms with Gasteiger partial charge in [-0.15, -0.1) is 11.3 Å². The molecule has 0 aliphatic rings. The van der Waals surface area contributed by atoms with Crippen LogP contribution in [-0.2, 0) is 6.54 Å². The quantitative estimate of drug-likeness (QED) is 0.844. The lowest BCUT2D eigenvalue weighted by Gasteiger charge is -2.30. The molecule has 2 heterocycles. The minimum Gasteiger partial charge on any atom is -0.394 e. The number of aryl methyl sites for hydroxylation is 1. The van der Waals surface area contributed by atoms with Gasteiger partial charge in [-0.3, -0.25) is 4.40 Å². The van der Waals surface area contributed by atoms with Gasteiger partial charge in [0.05, 0.1) is 18.0 Å². The van der Waals surface area contributed by atoms with E-state index >= 15 is 0 Å². The number of aliphatic hydroxyl groups is 1. The SMILES string of the molecule is CCC(CC)(CO)NCc1c(C)nc2sccn12. The summed E-state index contributed by atoms with van der Waals surface area (Å²) in [6, 6.07) is 0. The van der Waals surface area contributed by atoms with E-state index in [2.05, 4.69) is 34.7 Å². The van der Waals surface area contributed by atoms with Crippen molar-refractivity contribution in [3.8, 4) is 0 Å². The van der Waals surface area contributed by atoms with Crippen LogP contribution in [0.25, 0.3) is 4.96 Å². The number of nitrogens with zero attached hydrogens (tertiary/aromatic N) is 2. The third kappa shape index (κ3) is 2.30. The van der Waals surface area contributed by atoms with E-state index < -0.39 is 0 Å². The standard InChI is InChI=1S/C13H21N3OS/c1-4-13(5-2,9-17)14-8-11-10(3)15-12-16(11)6-7-18-12/h6-7,14,17H,4-5,8-9H2,1-3H3. The number of fused-ring (bicyclic) bond motifs is 1. The molecule has 2 aromatic heterocycles. The van der Waals surface area contributed by atoms with Gasteiger partial charge in [-0.05, 0) is 19.8 Å². The normalized spacial score (nSPS) is 12.4. The first-order valence-corrected chi connectivity index (χ1v) is 7.30. The molecular formula is C13H21N3OS. The summed E-state index contributed by atoms with van der Waals surface area (Å²) >= 11 is 1.65. The van der Waals surface area contributed by atoms with Gasteiger partial charge in [0.1, 0.15) is 0 Å². The van der Waals surface area contributed by atoms with E-state index in [1.165, 1.54) is 5.69 Å². The Bertz CT molecular complexity index is 505. The average molecular weight is 267 g/mol. The first kappa shape index (κ1) is 13.5. The van der Waals surface area contributed by atoms with E-state index in [0.717, 1.165) is 30.0 Å². The summed E-state index contributed by atoms with van der Waals surface area (Å²) in [7, 11) is 0. The van der Waals surface area contributed by atoms with Gasteiger partial charge in [-0.1, -0.05) is 13.8 Å². The number of hydrogen-bond donors (Lipinski definition) is 2. The number of thiazole rings is 1. The van der Waals surface area contributed by atoms with E-state index in [-0.39, 0.29) is 12.1 Å². The Morgan fingerprint density at radius 2 is 2.17 bits per heavy atom. The van der Waals surface area contributed by atoms with Crippen LogP contribution < -0.4 is 5.32 Å². The summed E-state index contributed by atoms with van der Waals surface area (Å²) in [5.74, 6) is 0. The lowest BCUT2D eigenvalue weighted by molar-refractivity contribution is 0.149. The molecule has 0 saturated carbocycles. The summed E-state index contributed by atoms with van der Waals surface area (Å²) in [6.07, 6.45) is 3.89. The molecule has 0 unspecified atom stereocenters. The molecule has 0 spiro atoms. The molecular weight excluding hydrogens is 246 g/mol. The second kappa shape index (κ2) is 5.38. The second-order valence-corrected chi connectivity index (χ2v) is 5.57. The summed E-state index contributed by atoms with van der Waals surface area (Å²) < 4.78 is 2.13. The molecule has 2 aromatic rings. The molecule has 0 saturated heterocycles. The van der Waals surface area contributed by atoms with E-state index in [0.29, 0.717) is 0 Å². The van der Waals surface area contributed by atoms with Gasteiger partial charge in [0.15, 0.2) is 4.96 Å². The molecule has 4 nitrogen and oxygen atoms in total. The first-order valence-electron chi connectivity index (χ1n) is 6.42. The van der Waals surface area contributed by atoms with Crippen LogP contribution >= 0.6 is 11.3 Å². The fraction of sp³-hybridized carbons (Fsp3) is 0.615. The summed E-state index contributed by atoms with van der Waals surface area (Å²) in [5.41, 5.74) is 2.08. The van der Waals surface area contributed by atoms with E-state index in [4.69, 9.17) is 0 Å². The molecule has 2 N–H and O–H groups in total. The third-order valence-electron chi connectivity index (χ3n) is 3.85. The number of hydrogen-bond acceptors (Lipinski definition) is 4. The molecule has 0 bridgehead atoms. The maximum Gasteiger partial charge on any atom is 0.194 e. The smallest absolute Gasteiger partial charge is 0.194 e. The number of nitrogens with one attached hydrogen (secondary N) is 1. The van der Waals surface area contributed by atoms with Crippen LogP contribution in [-0.4, -0.2) is 26.6 Å². The van der Waals surface area contributed by atoms with E-state index in [1.54, 1.807) is 11.3 Å². The van der Waals surface area contributed by atoms with Crippen molar-refractivity contribution in [2.45, 2.75) is 45.7 Å². The zero-order valence-electron chi connectivity index (χ0n) is 11.2. The number of aliphatic hydroxyl groups excluding tert-OH is 1. The van der Waals surface area contributed by atoms with Gasteiger partial charge < -0.3 is 10.4 Å². The van der Waals surface area contributed by atoms with Crippen molar-refractivity contribution >= 4 is 16.3 Å². The monoisotopic (exact) mass is 267 g/mol. The molecule has 0 radical (unpaired) electrons. The van der Waals surface area contributed by atoms with Gasteiger partial charge in [-0.2, -0.15) is 0 Å². The van der Waals surface area contributed by atoms with E-state index in [1.807, 2.05) is 12.3 Å². The van der Waals surface area contributed by atoms with Crippen LogP contribution in [0.4, 0.5) is 0 Å². The average Bonchev–Trinajstić information content (AvgIpc) is 2.93. The first-order chi connectivity index (χ1) is 8.65. The predicted octanol–water partition coefficient (Wildman–Crippen LogP) is 2.34. The van der Waals surface area contributed by atoms with Gasteiger partial charge in [0.25, 0.3) is 0 Å². The Balaban J connectivity index is 2.18. The molecule has 0 amide bonds. The van der Waals surface area contributed by atoms with Gasteiger partial charge in [-0.25, -0.2) is 4.98 Å². The van der Waals surface area contributed by atoms with Crippen molar-refractivity contribution in [3.05, 3.63) is 23.0 Å². The predicted molar refractivity (Wildman–Crippen MR) is 75.0 cm³/mol. The van der Waals surface area contributed by atoms with Crippen LogP contribution in [0.5, 0.6) is 0 Å². The van der Waals surface area contributed by atoms with Crippen molar-refractivity contribution in [3.63, 3.8) is 0 Å². The Hall–Kier alpha value is -0.910. The van der Waals surface area contributed by atoms with Crippen molar-refractivity contribution in [2.75, 3.05) is 6.61 Å². The highest BCUT2D eigenvalue weighted by Gasteiger charge is 2.25. The third-order valence-corrected chi connectivity index (χ3v) is 4.60. The molecule has 2 rings (SSSR count). The van der Waals surface area contributed by atoms with Gasteiger partial charge >= 0.3 is 0 Å². The van der Waals surface area contributed by atoms with E-state index in [9.17, 15) is 5.11 Å². The van der Waals surface area contributed by atoms with Gasteiger partial charge in [0.2, 0.25) is 0 Å². The maximum atomic E-state index is 9.56. The Labute approximate surface area is 112 Å². The second-order valence-electron chi connectivity index (χ2n) is 4.70. The molecule has 0 aliphatic heterocycles. The number of aromatic nitrogens is 2. The highest BCUT2D eigenvalue weighted by molar-refractivity contribution is 7.15. The largest absolute Gasteiger partial charge is 0.394 e.